The number of piperidine rings is 1. The number of rotatable bonds is 4. The summed E-state index contributed by atoms with van der Waals surface area (Å²) >= 11 is 0. The van der Waals surface area contributed by atoms with Crippen molar-refractivity contribution < 1.29 is 27.5 Å². The Morgan fingerprint density at radius 2 is 1.86 bits per heavy atom. The fourth-order valence-corrected chi connectivity index (χ4v) is 2.08. The number of carbonyl (C=O) groups excluding carboxylic acids is 2. The number of amides is 2. The lowest BCUT2D eigenvalue weighted by Gasteiger charge is -2.37. The molecular formula is C12H20F3N3O3. The summed E-state index contributed by atoms with van der Waals surface area (Å²) in [7, 11) is 1.39. The third-order valence-corrected chi connectivity index (χ3v) is 3.46. The Hall–Kier alpha value is -1.35. The van der Waals surface area contributed by atoms with Gasteiger partial charge in [0.2, 0.25) is 5.91 Å². The first-order valence-corrected chi connectivity index (χ1v) is 6.53. The van der Waals surface area contributed by atoms with E-state index in [9.17, 15) is 22.8 Å². The van der Waals surface area contributed by atoms with Gasteiger partial charge in [0.15, 0.2) is 5.54 Å². The molecule has 1 rings (SSSR count). The van der Waals surface area contributed by atoms with Crippen molar-refractivity contribution in [1.82, 2.24) is 10.2 Å². The molecule has 9 heteroatoms. The van der Waals surface area contributed by atoms with Gasteiger partial charge < -0.3 is 20.7 Å². The van der Waals surface area contributed by atoms with Gasteiger partial charge in [-0.3, -0.25) is 9.59 Å². The van der Waals surface area contributed by atoms with Gasteiger partial charge in [0.1, 0.15) is 6.61 Å². The molecule has 122 valence electrons. The van der Waals surface area contributed by atoms with E-state index in [-0.39, 0.29) is 31.6 Å². The van der Waals surface area contributed by atoms with Crippen LogP contribution in [0, 0.1) is 0 Å². The number of nitrogens with zero attached hydrogens (tertiary/aromatic N) is 1. The van der Waals surface area contributed by atoms with Crippen molar-refractivity contribution in [2.24, 2.45) is 5.73 Å². The molecule has 0 radical (unpaired) electrons. The molecule has 0 aromatic heterocycles. The number of nitrogens with two attached hydrogens (primary N) is 1. The van der Waals surface area contributed by atoms with E-state index in [4.69, 9.17) is 5.73 Å². The Morgan fingerprint density at radius 1 is 1.33 bits per heavy atom. The number of ether oxygens (including phenoxy) is 1. The number of hydrogen-bond donors (Lipinski definition) is 2. The smallest absolute Gasteiger partial charge is 0.375 e. The van der Waals surface area contributed by atoms with Gasteiger partial charge in [-0.15, -0.1) is 0 Å². The minimum Gasteiger partial charge on any atom is -0.375 e. The van der Waals surface area contributed by atoms with Gasteiger partial charge in [-0.1, -0.05) is 0 Å². The fourth-order valence-electron chi connectivity index (χ4n) is 2.08. The molecule has 21 heavy (non-hydrogen) atoms. The molecule has 1 saturated heterocycles. The van der Waals surface area contributed by atoms with Crippen molar-refractivity contribution in [2.45, 2.75) is 37.5 Å². The van der Waals surface area contributed by atoms with Crippen LogP contribution < -0.4 is 11.1 Å². The third-order valence-electron chi connectivity index (χ3n) is 3.46. The summed E-state index contributed by atoms with van der Waals surface area (Å²) in [5.41, 5.74) is 2.23. The SMILES string of the molecule is COCC(=O)NC1CCN(C(=O)C(C)(N)C(F)(F)F)CC1. The lowest BCUT2D eigenvalue weighted by molar-refractivity contribution is -0.194. The first-order chi connectivity index (χ1) is 9.59. The highest BCUT2D eigenvalue weighted by atomic mass is 19.4. The van der Waals surface area contributed by atoms with Crippen molar-refractivity contribution >= 4 is 11.8 Å². The molecule has 0 saturated carbocycles. The van der Waals surface area contributed by atoms with E-state index < -0.39 is 17.6 Å². The monoisotopic (exact) mass is 311 g/mol. The molecule has 1 unspecified atom stereocenters. The summed E-state index contributed by atoms with van der Waals surface area (Å²) in [6, 6.07) is -0.174. The van der Waals surface area contributed by atoms with Gasteiger partial charge in [0.25, 0.3) is 5.91 Å². The summed E-state index contributed by atoms with van der Waals surface area (Å²) in [5.74, 6) is -1.43. The average molecular weight is 311 g/mol. The molecule has 1 aliphatic heterocycles. The number of nitrogens with one attached hydrogen (secondary N) is 1. The number of carbonyl (C=O) groups is 2. The Kier molecular flexibility index (Phi) is 5.57. The summed E-state index contributed by atoms with van der Waals surface area (Å²) in [4.78, 5) is 24.3. The quantitative estimate of drug-likeness (QED) is 0.766. The molecule has 1 atom stereocenters. The molecule has 0 aliphatic carbocycles. The second-order valence-electron chi connectivity index (χ2n) is 5.27. The number of methoxy groups -OCH3 is 1. The Labute approximate surface area is 120 Å². The zero-order valence-corrected chi connectivity index (χ0v) is 12.0. The standard InChI is InChI=1S/C12H20F3N3O3/c1-11(16,12(13,14)15)10(20)18-5-3-8(4-6-18)17-9(19)7-21-2/h8H,3-7,16H2,1-2H3,(H,17,19). The second-order valence-corrected chi connectivity index (χ2v) is 5.27. The Morgan fingerprint density at radius 3 is 2.29 bits per heavy atom. The maximum atomic E-state index is 12.7. The zero-order chi connectivity index (χ0) is 16.3. The molecule has 6 nitrogen and oxygen atoms in total. The summed E-state index contributed by atoms with van der Waals surface area (Å²) in [6.07, 6.45) is -4.03. The predicted molar refractivity (Wildman–Crippen MR) is 68.3 cm³/mol. The predicted octanol–water partition coefficient (Wildman–Crippen LogP) is 0.0197. The molecule has 0 spiro atoms. The highest BCUT2D eigenvalue weighted by Crippen LogP contribution is 2.30. The summed E-state index contributed by atoms with van der Waals surface area (Å²) in [5, 5.41) is 2.69. The van der Waals surface area contributed by atoms with Crippen molar-refractivity contribution in [3.05, 3.63) is 0 Å². The molecular weight excluding hydrogens is 291 g/mol. The first kappa shape index (κ1) is 17.7. The van der Waals surface area contributed by atoms with Gasteiger partial charge in [0, 0.05) is 26.2 Å². The highest BCUT2D eigenvalue weighted by Gasteiger charge is 2.55. The van der Waals surface area contributed by atoms with Crippen LogP contribution in [-0.2, 0) is 14.3 Å². The Bertz CT molecular complexity index is 391. The number of alkyl halides is 3. The molecule has 1 fully saturated rings. The normalized spacial score (nSPS) is 20.0. The minimum atomic E-state index is -4.80. The van der Waals surface area contributed by atoms with Crippen molar-refractivity contribution in [2.75, 3.05) is 26.8 Å². The molecule has 1 aliphatic rings. The van der Waals surface area contributed by atoms with Crippen LogP contribution in [-0.4, -0.2) is 61.3 Å². The van der Waals surface area contributed by atoms with E-state index in [1.165, 1.54) is 7.11 Å². The lowest BCUT2D eigenvalue weighted by Crippen LogP contribution is -2.63. The van der Waals surface area contributed by atoms with Crippen molar-refractivity contribution in [1.29, 1.82) is 0 Å². The second kappa shape index (κ2) is 6.61. The minimum absolute atomic E-state index is 0.0753. The van der Waals surface area contributed by atoms with Crippen molar-refractivity contribution in [3.63, 3.8) is 0 Å². The molecule has 0 aromatic rings. The van der Waals surface area contributed by atoms with Crippen LogP contribution in [0.15, 0.2) is 0 Å². The van der Waals surface area contributed by atoms with Crippen LogP contribution in [0.3, 0.4) is 0 Å². The summed E-state index contributed by atoms with van der Waals surface area (Å²) < 4.78 is 42.9. The van der Waals surface area contributed by atoms with Crippen molar-refractivity contribution in [3.8, 4) is 0 Å². The number of hydrogen-bond acceptors (Lipinski definition) is 4. The Balaban J connectivity index is 2.53. The van der Waals surface area contributed by atoms with Gasteiger partial charge in [-0.05, 0) is 19.8 Å². The highest BCUT2D eigenvalue weighted by molar-refractivity contribution is 5.86. The van der Waals surface area contributed by atoms with E-state index in [1.807, 2.05) is 0 Å². The molecule has 0 aromatic carbocycles. The van der Waals surface area contributed by atoms with Crippen LogP contribution in [0.2, 0.25) is 0 Å². The zero-order valence-electron chi connectivity index (χ0n) is 12.0. The number of halogens is 3. The topological polar surface area (TPSA) is 84.7 Å². The van der Waals surface area contributed by atoms with E-state index in [0.29, 0.717) is 19.8 Å². The van der Waals surface area contributed by atoms with Crippen LogP contribution in [0.1, 0.15) is 19.8 Å². The van der Waals surface area contributed by atoms with E-state index in [0.717, 1.165) is 4.90 Å². The molecule has 1 heterocycles. The van der Waals surface area contributed by atoms with Crippen LogP contribution in [0.5, 0.6) is 0 Å². The van der Waals surface area contributed by atoms with Gasteiger partial charge in [0.05, 0.1) is 0 Å². The van der Waals surface area contributed by atoms with Crippen LogP contribution >= 0.6 is 0 Å². The first-order valence-electron chi connectivity index (χ1n) is 6.53. The van der Waals surface area contributed by atoms with E-state index in [1.54, 1.807) is 0 Å². The molecule has 0 bridgehead atoms. The van der Waals surface area contributed by atoms with Crippen LogP contribution in [0.25, 0.3) is 0 Å². The maximum absolute atomic E-state index is 12.7. The lowest BCUT2D eigenvalue weighted by atomic mass is 9.98. The van der Waals surface area contributed by atoms with Gasteiger partial charge in [-0.25, -0.2) is 0 Å². The molecule has 3 N–H and O–H groups in total. The number of likely N-dealkylation sites (tertiary alicyclic amines) is 1. The van der Waals surface area contributed by atoms with E-state index in [2.05, 4.69) is 10.1 Å². The van der Waals surface area contributed by atoms with Crippen LogP contribution in [0.4, 0.5) is 13.2 Å². The molecule has 2 amide bonds. The van der Waals surface area contributed by atoms with Gasteiger partial charge >= 0.3 is 6.18 Å². The maximum Gasteiger partial charge on any atom is 0.415 e. The average Bonchev–Trinajstić information content (AvgIpc) is 2.37. The van der Waals surface area contributed by atoms with Gasteiger partial charge in [-0.2, -0.15) is 13.2 Å². The van der Waals surface area contributed by atoms with E-state index >= 15 is 0 Å². The largest absolute Gasteiger partial charge is 0.415 e. The third kappa shape index (κ3) is 4.31. The fraction of sp³-hybridized carbons (Fsp3) is 0.833. The summed E-state index contributed by atoms with van der Waals surface area (Å²) in [6.45, 7) is 0.842.